The van der Waals surface area contributed by atoms with E-state index in [0.29, 0.717) is 11.6 Å². The summed E-state index contributed by atoms with van der Waals surface area (Å²) in [5.41, 5.74) is 14.4. The van der Waals surface area contributed by atoms with Crippen molar-refractivity contribution in [3.63, 3.8) is 0 Å². The zero-order valence-corrected chi connectivity index (χ0v) is 16.5. The van der Waals surface area contributed by atoms with Crippen LogP contribution in [0.15, 0.2) is 47.5 Å². The van der Waals surface area contributed by atoms with Crippen LogP contribution in [0.1, 0.15) is 28.4 Å². The molecule has 0 aliphatic heterocycles. The van der Waals surface area contributed by atoms with E-state index in [1.165, 1.54) is 31.2 Å². The van der Waals surface area contributed by atoms with Gasteiger partial charge in [-0.1, -0.05) is 12.1 Å². The molecule has 2 aromatic carbocycles. The van der Waals surface area contributed by atoms with Crippen LogP contribution in [0.3, 0.4) is 0 Å². The van der Waals surface area contributed by atoms with E-state index in [4.69, 9.17) is 21.9 Å². The van der Waals surface area contributed by atoms with Crippen LogP contribution in [0.4, 0.5) is 13.2 Å². The lowest BCUT2D eigenvalue weighted by atomic mass is 10.1. The summed E-state index contributed by atoms with van der Waals surface area (Å²) < 4.78 is 69.3. The number of amides is 1. The maximum Gasteiger partial charge on any atom is 0.420 e. The molecule has 0 fully saturated rings. The van der Waals surface area contributed by atoms with Crippen LogP contribution in [0.5, 0.6) is 11.5 Å². The second-order valence-corrected chi connectivity index (χ2v) is 8.67. The van der Waals surface area contributed by atoms with Gasteiger partial charge in [0.05, 0.1) is 11.3 Å². The van der Waals surface area contributed by atoms with Gasteiger partial charge in [0.25, 0.3) is 5.91 Å². The zero-order valence-electron chi connectivity index (χ0n) is 15.7. The zero-order chi connectivity index (χ0) is 22.7. The summed E-state index contributed by atoms with van der Waals surface area (Å²) >= 11 is 0. The molecule has 8 nitrogen and oxygen atoms in total. The van der Waals surface area contributed by atoms with Crippen molar-refractivity contribution in [3.8, 4) is 11.5 Å². The lowest BCUT2D eigenvalue weighted by Crippen LogP contribution is -2.28. The van der Waals surface area contributed by atoms with E-state index in [9.17, 15) is 26.4 Å². The summed E-state index contributed by atoms with van der Waals surface area (Å²) in [6.07, 6.45) is -4.82. The van der Waals surface area contributed by atoms with E-state index in [0.717, 1.165) is 12.1 Å². The third kappa shape index (κ3) is 5.94. The first-order chi connectivity index (χ1) is 13.8. The number of hydrogen-bond acceptors (Lipinski definition) is 5. The minimum Gasteiger partial charge on any atom is -0.457 e. The maximum atomic E-state index is 13.4. The van der Waals surface area contributed by atoms with Gasteiger partial charge in [0.15, 0.2) is 15.8 Å². The van der Waals surface area contributed by atoms with Gasteiger partial charge in [-0.3, -0.25) is 4.79 Å². The van der Waals surface area contributed by atoms with Gasteiger partial charge in [0, 0.05) is 5.56 Å². The van der Waals surface area contributed by atoms with Gasteiger partial charge in [0.2, 0.25) is 0 Å². The Morgan fingerprint density at radius 2 is 1.73 bits per heavy atom. The first-order valence-corrected chi connectivity index (χ1v) is 10.1. The van der Waals surface area contributed by atoms with Crippen molar-refractivity contribution >= 4 is 21.7 Å². The molecule has 12 heteroatoms. The molecule has 1 amide bonds. The molecule has 0 bridgehead atoms. The topological polar surface area (TPSA) is 151 Å². The van der Waals surface area contributed by atoms with Gasteiger partial charge in [-0.2, -0.15) is 18.2 Å². The van der Waals surface area contributed by atoms with Crippen LogP contribution in [-0.2, 0) is 21.8 Å². The highest BCUT2D eigenvalue weighted by atomic mass is 32.2. The molecule has 0 spiro atoms. The summed E-state index contributed by atoms with van der Waals surface area (Å²) in [7, 11) is -3.54. The summed E-state index contributed by atoms with van der Waals surface area (Å²) in [6, 6.07) is 8.08. The lowest BCUT2D eigenvalue weighted by Gasteiger charge is -2.15. The fraction of sp³-hybridized carbons (Fsp3) is 0.222. The number of halogens is 3. The first kappa shape index (κ1) is 23.2. The Morgan fingerprint density at radius 1 is 1.13 bits per heavy atom. The van der Waals surface area contributed by atoms with Gasteiger partial charge in [-0.15, -0.1) is 0 Å². The fourth-order valence-corrected chi connectivity index (χ4v) is 3.22. The van der Waals surface area contributed by atoms with Crippen molar-refractivity contribution in [1.29, 1.82) is 0 Å². The Balaban J connectivity index is 2.31. The fourth-order valence-electron chi connectivity index (χ4n) is 2.30. The van der Waals surface area contributed by atoms with E-state index >= 15 is 0 Å². The number of nitrogens with zero attached hydrogens (tertiary/aromatic N) is 1. The van der Waals surface area contributed by atoms with Crippen LogP contribution >= 0.6 is 0 Å². The SMILES string of the molecule is CC(N)S(=O)(=O)Cc1ccc(Oc2ccc(C(=O)N=C(N)N)cc2C(F)(F)F)cc1. The number of hydrogen-bond donors (Lipinski definition) is 3. The third-order valence-corrected chi connectivity index (χ3v) is 5.72. The monoisotopic (exact) mass is 444 g/mol. The van der Waals surface area contributed by atoms with Crippen molar-refractivity contribution in [1.82, 2.24) is 0 Å². The van der Waals surface area contributed by atoms with Crippen molar-refractivity contribution in [2.24, 2.45) is 22.2 Å². The number of ether oxygens (including phenoxy) is 1. The van der Waals surface area contributed by atoms with E-state index in [1.54, 1.807) is 0 Å². The Morgan fingerprint density at radius 3 is 2.23 bits per heavy atom. The van der Waals surface area contributed by atoms with Crippen molar-refractivity contribution < 1.29 is 31.1 Å². The standard InChI is InChI=1S/C18H19F3N4O4S/c1-10(22)30(27,28)9-11-2-5-13(6-3-11)29-15-7-4-12(16(26)25-17(23)24)8-14(15)18(19,20)21/h2-8,10H,9,22H2,1H3,(H4,23,24,25,26). The number of rotatable bonds is 6. The maximum absolute atomic E-state index is 13.4. The second-order valence-electron chi connectivity index (χ2n) is 6.31. The summed E-state index contributed by atoms with van der Waals surface area (Å²) in [5, 5.41) is -1.05. The number of alkyl halides is 3. The molecule has 0 aliphatic rings. The van der Waals surface area contributed by atoms with Gasteiger partial charge >= 0.3 is 6.18 Å². The smallest absolute Gasteiger partial charge is 0.420 e. The quantitative estimate of drug-likeness (QED) is 0.456. The van der Waals surface area contributed by atoms with Crippen molar-refractivity contribution in [2.45, 2.75) is 24.2 Å². The molecule has 0 radical (unpaired) electrons. The van der Waals surface area contributed by atoms with Crippen molar-refractivity contribution in [2.75, 3.05) is 0 Å². The Hall–Kier alpha value is -3.12. The number of carbonyl (C=O) groups excluding carboxylic acids is 1. The van der Waals surface area contributed by atoms with Gasteiger partial charge in [-0.25, -0.2) is 8.42 Å². The third-order valence-electron chi connectivity index (χ3n) is 3.85. The van der Waals surface area contributed by atoms with E-state index in [-0.39, 0.29) is 17.1 Å². The minimum atomic E-state index is -4.82. The Labute approximate surface area is 170 Å². The summed E-state index contributed by atoms with van der Waals surface area (Å²) in [5.74, 6) is -2.46. The molecular formula is C18H19F3N4O4S. The largest absolute Gasteiger partial charge is 0.457 e. The number of sulfone groups is 1. The van der Waals surface area contributed by atoms with Gasteiger partial charge < -0.3 is 21.9 Å². The molecule has 6 N–H and O–H groups in total. The second kappa shape index (κ2) is 8.71. The molecule has 1 atom stereocenters. The molecule has 2 rings (SSSR count). The van der Waals surface area contributed by atoms with E-state index < -0.39 is 44.6 Å². The average molecular weight is 444 g/mol. The Kier molecular flexibility index (Phi) is 6.73. The van der Waals surface area contributed by atoms with E-state index in [1.807, 2.05) is 0 Å². The molecule has 0 aromatic heterocycles. The van der Waals surface area contributed by atoms with Gasteiger partial charge in [0.1, 0.15) is 16.9 Å². The minimum absolute atomic E-state index is 0.0331. The number of aliphatic imine (C=N–C) groups is 1. The molecule has 0 saturated carbocycles. The summed E-state index contributed by atoms with van der Waals surface area (Å²) in [6.45, 7) is 1.34. The molecule has 0 heterocycles. The van der Waals surface area contributed by atoms with Gasteiger partial charge in [-0.05, 0) is 42.8 Å². The first-order valence-electron chi connectivity index (χ1n) is 8.39. The highest BCUT2D eigenvalue weighted by Crippen LogP contribution is 2.39. The molecule has 0 aliphatic carbocycles. The number of carbonyl (C=O) groups is 1. The molecule has 1 unspecified atom stereocenters. The van der Waals surface area contributed by atoms with Crippen LogP contribution in [0.2, 0.25) is 0 Å². The molecule has 0 saturated heterocycles. The molecular weight excluding hydrogens is 425 g/mol. The average Bonchev–Trinajstić information content (AvgIpc) is 2.61. The lowest BCUT2D eigenvalue weighted by molar-refractivity contribution is -0.138. The molecule has 30 heavy (non-hydrogen) atoms. The number of benzene rings is 2. The van der Waals surface area contributed by atoms with Crippen LogP contribution in [-0.4, -0.2) is 25.7 Å². The molecule has 2 aromatic rings. The number of nitrogens with two attached hydrogens (primary N) is 3. The summed E-state index contributed by atoms with van der Waals surface area (Å²) in [4.78, 5) is 15.0. The highest BCUT2D eigenvalue weighted by Gasteiger charge is 2.35. The van der Waals surface area contributed by atoms with Crippen LogP contribution in [0, 0.1) is 0 Å². The van der Waals surface area contributed by atoms with Crippen LogP contribution < -0.4 is 21.9 Å². The van der Waals surface area contributed by atoms with E-state index in [2.05, 4.69) is 4.99 Å². The number of guanidine groups is 1. The van der Waals surface area contributed by atoms with Crippen LogP contribution in [0.25, 0.3) is 0 Å². The predicted octanol–water partition coefficient (Wildman–Crippen LogP) is 2.13. The Bertz CT molecular complexity index is 1060. The molecule has 162 valence electrons. The van der Waals surface area contributed by atoms with Crippen molar-refractivity contribution in [3.05, 3.63) is 59.2 Å². The predicted molar refractivity (Wildman–Crippen MR) is 104 cm³/mol. The highest BCUT2D eigenvalue weighted by molar-refractivity contribution is 7.91. The normalized spacial score (nSPS) is 12.8.